The van der Waals surface area contributed by atoms with Gasteiger partial charge in [-0.3, -0.25) is 4.79 Å². The molecule has 1 unspecified atom stereocenters. The van der Waals surface area contributed by atoms with Crippen molar-refractivity contribution in [2.24, 2.45) is 0 Å². The Hall–Kier alpha value is -0.790. The van der Waals surface area contributed by atoms with E-state index in [2.05, 4.69) is 6.58 Å². The maximum Gasteiger partial charge on any atom is 0.222 e. The van der Waals surface area contributed by atoms with E-state index in [4.69, 9.17) is 0 Å². The van der Waals surface area contributed by atoms with Crippen LogP contribution >= 0.6 is 0 Å². The summed E-state index contributed by atoms with van der Waals surface area (Å²) < 4.78 is 0. The normalized spacial score (nSPS) is 23.7. The van der Waals surface area contributed by atoms with Gasteiger partial charge in [0.15, 0.2) is 0 Å². The lowest BCUT2D eigenvalue weighted by molar-refractivity contribution is -0.130. The second-order valence-corrected chi connectivity index (χ2v) is 2.89. The number of likely N-dealkylation sites (tertiary alicyclic amines) is 1. The first kappa shape index (κ1) is 8.31. The zero-order valence-electron chi connectivity index (χ0n) is 7.05. The molecule has 2 nitrogen and oxygen atoms in total. The highest BCUT2D eigenvalue weighted by Gasteiger charge is 2.24. The second-order valence-electron chi connectivity index (χ2n) is 2.89. The highest BCUT2D eigenvalue weighted by Crippen LogP contribution is 2.18. The molecule has 0 saturated carbocycles. The SMILES string of the molecule is C=CC1CCCN1C(=O)CC. The number of carbonyl (C=O) groups excluding carboxylic acids is 1. The fourth-order valence-corrected chi connectivity index (χ4v) is 1.55. The van der Waals surface area contributed by atoms with Crippen molar-refractivity contribution < 1.29 is 4.79 Å². The summed E-state index contributed by atoms with van der Waals surface area (Å²) in [6, 6.07) is 0.308. The van der Waals surface area contributed by atoms with Gasteiger partial charge in [-0.1, -0.05) is 13.0 Å². The molecule has 1 fully saturated rings. The molecule has 0 aromatic carbocycles. The van der Waals surface area contributed by atoms with Gasteiger partial charge in [0.2, 0.25) is 5.91 Å². The predicted octanol–water partition coefficient (Wildman–Crippen LogP) is 1.57. The Balaban J connectivity index is 2.56. The van der Waals surface area contributed by atoms with Crippen LogP contribution in [0.2, 0.25) is 0 Å². The first-order chi connectivity index (χ1) is 5.29. The molecule has 0 aromatic heterocycles. The molecule has 1 aliphatic rings. The second kappa shape index (κ2) is 3.56. The van der Waals surface area contributed by atoms with Gasteiger partial charge in [0.05, 0.1) is 0 Å². The van der Waals surface area contributed by atoms with Crippen molar-refractivity contribution in [2.45, 2.75) is 32.2 Å². The summed E-state index contributed by atoms with van der Waals surface area (Å²) in [5.74, 6) is 0.257. The van der Waals surface area contributed by atoms with Crippen molar-refractivity contribution in [1.29, 1.82) is 0 Å². The van der Waals surface area contributed by atoms with Gasteiger partial charge in [-0.15, -0.1) is 6.58 Å². The Bertz CT molecular complexity index is 165. The third-order valence-electron chi connectivity index (χ3n) is 2.19. The van der Waals surface area contributed by atoms with Gasteiger partial charge in [-0.2, -0.15) is 0 Å². The average molecular weight is 153 g/mol. The molecule has 62 valence electrons. The smallest absolute Gasteiger partial charge is 0.222 e. The van der Waals surface area contributed by atoms with Crippen molar-refractivity contribution >= 4 is 5.91 Å². The Morgan fingerprint density at radius 1 is 1.82 bits per heavy atom. The molecule has 2 heteroatoms. The number of amides is 1. The lowest BCUT2D eigenvalue weighted by atomic mass is 10.2. The van der Waals surface area contributed by atoms with E-state index in [1.165, 1.54) is 0 Å². The highest BCUT2D eigenvalue weighted by molar-refractivity contribution is 5.76. The van der Waals surface area contributed by atoms with Crippen molar-refractivity contribution in [3.8, 4) is 0 Å². The van der Waals surface area contributed by atoms with Crippen LogP contribution < -0.4 is 0 Å². The van der Waals surface area contributed by atoms with Gasteiger partial charge >= 0.3 is 0 Å². The minimum Gasteiger partial charge on any atom is -0.336 e. The van der Waals surface area contributed by atoms with Gasteiger partial charge < -0.3 is 4.90 Å². The first-order valence-corrected chi connectivity index (χ1v) is 4.21. The highest BCUT2D eigenvalue weighted by atomic mass is 16.2. The van der Waals surface area contributed by atoms with Crippen molar-refractivity contribution in [3.05, 3.63) is 12.7 Å². The number of hydrogen-bond acceptors (Lipinski definition) is 1. The zero-order chi connectivity index (χ0) is 8.27. The molecule has 0 aromatic rings. The van der Waals surface area contributed by atoms with E-state index in [9.17, 15) is 4.79 Å². The summed E-state index contributed by atoms with van der Waals surface area (Å²) in [4.78, 5) is 13.2. The van der Waals surface area contributed by atoms with Gasteiger partial charge in [-0.05, 0) is 12.8 Å². The topological polar surface area (TPSA) is 20.3 Å². The van der Waals surface area contributed by atoms with Crippen molar-refractivity contribution in [1.82, 2.24) is 4.90 Å². The third kappa shape index (κ3) is 1.62. The predicted molar refractivity (Wildman–Crippen MR) is 45.2 cm³/mol. The Labute approximate surface area is 67.9 Å². The minimum absolute atomic E-state index is 0.257. The van der Waals surface area contributed by atoms with Crippen LogP contribution in [-0.4, -0.2) is 23.4 Å². The van der Waals surface area contributed by atoms with E-state index in [1.807, 2.05) is 17.9 Å². The summed E-state index contributed by atoms with van der Waals surface area (Å²) in [7, 11) is 0. The summed E-state index contributed by atoms with van der Waals surface area (Å²) in [6.07, 6.45) is 4.71. The monoisotopic (exact) mass is 153 g/mol. The van der Waals surface area contributed by atoms with Crippen LogP contribution in [0.1, 0.15) is 26.2 Å². The third-order valence-corrected chi connectivity index (χ3v) is 2.19. The van der Waals surface area contributed by atoms with Crippen LogP contribution in [0.3, 0.4) is 0 Å². The molecule has 1 amide bonds. The molecular formula is C9H15NO. The summed E-state index contributed by atoms with van der Waals surface area (Å²) in [5, 5.41) is 0. The van der Waals surface area contributed by atoms with Gasteiger partial charge in [0.25, 0.3) is 0 Å². The molecule has 0 N–H and O–H groups in total. The Morgan fingerprint density at radius 2 is 2.55 bits per heavy atom. The molecule has 1 aliphatic heterocycles. The largest absolute Gasteiger partial charge is 0.336 e. The molecule has 11 heavy (non-hydrogen) atoms. The molecule has 1 rings (SSSR count). The summed E-state index contributed by atoms with van der Waals surface area (Å²) in [5.41, 5.74) is 0. The molecule has 0 radical (unpaired) electrons. The van der Waals surface area contributed by atoms with Crippen molar-refractivity contribution in [2.75, 3.05) is 6.54 Å². The summed E-state index contributed by atoms with van der Waals surface area (Å²) >= 11 is 0. The molecule has 0 aliphatic carbocycles. The maximum absolute atomic E-state index is 11.3. The lowest BCUT2D eigenvalue weighted by Crippen LogP contribution is -2.33. The van der Waals surface area contributed by atoms with Crippen LogP contribution in [0.15, 0.2) is 12.7 Å². The standard InChI is InChI=1S/C9H15NO/c1-3-8-6-5-7-10(8)9(11)4-2/h3,8H,1,4-7H2,2H3. The minimum atomic E-state index is 0.257. The molecular weight excluding hydrogens is 138 g/mol. The van der Waals surface area contributed by atoms with E-state index in [1.54, 1.807) is 0 Å². The van der Waals surface area contributed by atoms with Crippen LogP contribution in [0, 0.1) is 0 Å². The van der Waals surface area contributed by atoms with E-state index in [-0.39, 0.29) is 5.91 Å². The first-order valence-electron chi connectivity index (χ1n) is 4.21. The number of hydrogen-bond donors (Lipinski definition) is 0. The Kier molecular flexibility index (Phi) is 2.69. The maximum atomic E-state index is 11.3. The van der Waals surface area contributed by atoms with E-state index in [0.29, 0.717) is 12.5 Å². The Morgan fingerprint density at radius 3 is 3.09 bits per heavy atom. The van der Waals surface area contributed by atoms with E-state index >= 15 is 0 Å². The van der Waals surface area contributed by atoms with Crippen LogP contribution in [-0.2, 0) is 4.79 Å². The zero-order valence-corrected chi connectivity index (χ0v) is 7.05. The van der Waals surface area contributed by atoms with Crippen LogP contribution in [0.5, 0.6) is 0 Å². The van der Waals surface area contributed by atoms with Gasteiger partial charge in [0.1, 0.15) is 0 Å². The van der Waals surface area contributed by atoms with Gasteiger partial charge in [0, 0.05) is 19.0 Å². The van der Waals surface area contributed by atoms with Crippen molar-refractivity contribution in [3.63, 3.8) is 0 Å². The number of rotatable bonds is 2. The molecule has 1 heterocycles. The lowest BCUT2D eigenvalue weighted by Gasteiger charge is -2.20. The molecule has 1 saturated heterocycles. The van der Waals surface area contributed by atoms with Gasteiger partial charge in [-0.25, -0.2) is 0 Å². The number of nitrogens with zero attached hydrogens (tertiary/aromatic N) is 1. The number of carbonyl (C=O) groups is 1. The van der Waals surface area contributed by atoms with E-state index < -0.39 is 0 Å². The molecule has 0 spiro atoms. The molecule has 1 atom stereocenters. The molecule has 0 bridgehead atoms. The van der Waals surface area contributed by atoms with E-state index in [0.717, 1.165) is 19.4 Å². The quantitative estimate of drug-likeness (QED) is 0.551. The average Bonchev–Trinajstić information content (AvgIpc) is 2.50. The fraction of sp³-hybridized carbons (Fsp3) is 0.667. The summed E-state index contributed by atoms with van der Waals surface area (Å²) in [6.45, 7) is 6.54. The van der Waals surface area contributed by atoms with Crippen LogP contribution in [0.4, 0.5) is 0 Å². The fourth-order valence-electron chi connectivity index (χ4n) is 1.55. The van der Waals surface area contributed by atoms with Crippen LogP contribution in [0.25, 0.3) is 0 Å².